The van der Waals surface area contributed by atoms with Gasteiger partial charge in [-0.1, -0.05) is 6.07 Å². The van der Waals surface area contributed by atoms with Crippen LogP contribution in [-0.4, -0.2) is 19.2 Å². The normalized spacial score (nSPS) is 9.69. The largest absolute Gasteiger partial charge is 0.748 e. The summed E-state index contributed by atoms with van der Waals surface area (Å²) in [5.74, 6) is 0. The molecule has 4 nitrogen and oxygen atoms in total. The zero-order valence-corrected chi connectivity index (χ0v) is 8.07. The zero-order valence-electron chi connectivity index (χ0n) is 7.25. The maximum atomic E-state index is 9.08. The first-order valence-corrected chi connectivity index (χ1v) is 5.24. The molecular formula is C8H11NO3S. The van der Waals surface area contributed by atoms with E-state index in [0.29, 0.717) is 6.26 Å². The predicted octanol–water partition coefficient (Wildman–Crippen LogP) is 0.236. The van der Waals surface area contributed by atoms with Crippen LogP contribution in [0, 0.1) is 0 Å². The SMILES string of the molecule is C=C[n+]1ccccc1.CS(=O)(=O)[O-]. The Labute approximate surface area is 77.9 Å². The molecule has 0 N–H and O–H groups in total. The van der Waals surface area contributed by atoms with Gasteiger partial charge in [0.1, 0.15) is 0 Å². The quantitative estimate of drug-likeness (QED) is 0.483. The minimum absolute atomic E-state index is 0.604. The molecule has 1 aromatic heterocycles. The molecule has 0 aliphatic rings. The number of pyridine rings is 1. The molecule has 0 bridgehead atoms. The van der Waals surface area contributed by atoms with Gasteiger partial charge in [0.05, 0.1) is 10.1 Å². The Morgan fingerprint density at radius 2 is 1.69 bits per heavy atom. The maximum Gasteiger partial charge on any atom is 0.174 e. The van der Waals surface area contributed by atoms with Crippen molar-refractivity contribution in [1.82, 2.24) is 0 Å². The molecule has 1 aromatic rings. The van der Waals surface area contributed by atoms with Crippen LogP contribution in [0.2, 0.25) is 0 Å². The lowest BCUT2D eigenvalue weighted by molar-refractivity contribution is -0.567. The van der Waals surface area contributed by atoms with Gasteiger partial charge in [-0.3, -0.25) is 0 Å². The Morgan fingerprint density at radius 1 is 1.31 bits per heavy atom. The molecule has 0 unspecified atom stereocenters. The van der Waals surface area contributed by atoms with Crippen molar-refractivity contribution >= 4 is 16.3 Å². The van der Waals surface area contributed by atoms with Crippen LogP contribution in [0.15, 0.2) is 37.2 Å². The number of hydrogen-bond acceptors (Lipinski definition) is 3. The molecule has 0 aliphatic carbocycles. The summed E-state index contributed by atoms with van der Waals surface area (Å²) >= 11 is 0. The minimum Gasteiger partial charge on any atom is -0.748 e. The van der Waals surface area contributed by atoms with Crippen LogP contribution in [0.5, 0.6) is 0 Å². The standard InChI is InChI=1S/C7H8N.CH4O3S/c1-2-8-6-4-3-5-7-8;1-5(2,3)4/h2-7H,1H2;1H3,(H,2,3,4)/q+1;/p-1. The molecular weight excluding hydrogens is 190 g/mol. The van der Waals surface area contributed by atoms with Crippen LogP contribution in [0.1, 0.15) is 0 Å². The second-order valence-corrected chi connectivity index (χ2v) is 3.62. The van der Waals surface area contributed by atoms with Gasteiger partial charge in [0.2, 0.25) is 0 Å². The lowest BCUT2D eigenvalue weighted by Crippen LogP contribution is -2.22. The van der Waals surface area contributed by atoms with E-state index in [1.807, 2.05) is 35.2 Å². The first kappa shape index (κ1) is 11.8. The highest BCUT2D eigenvalue weighted by Crippen LogP contribution is 1.74. The fraction of sp³-hybridized carbons (Fsp3) is 0.125. The van der Waals surface area contributed by atoms with Crippen LogP contribution < -0.4 is 4.57 Å². The lowest BCUT2D eigenvalue weighted by Gasteiger charge is -1.90. The molecule has 0 saturated carbocycles. The Balaban J connectivity index is 0.000000252. The Kier molecular flexibility index (Phi) is 4.94. The van der Waals surface area contributed by atoms with Crippen LogP contribution in [-0.2, 0) is 10.1 Å². The minimum atomic E-state index is -3.92. The van der Waals surface area contributed by atoms with Crippen molar-refractivity contribution < 1.29 is 17.5 Å². The van der Waals surface area contributed by atoms with Crippen molar-refractivity contribution in [3.8, 4) is 0 Å². The molecule has 1 rings (SSSR count). The molecule has 13 heavy (non-hydrogen) atoms. The molecule has 72 valence electrons. The van der Waals surface area contributed by atoms with Crippen molar-refractivity contribution in [1.29, 1.82) is 0 Å². The van der Waals surface area contributed by atoms with E-state index in [0.717, 1.165) is 0 Å². The summed E-state index contributed by atoms with van der Waals surface area (Å²) in [6.45, 7) is 3.59. The summed E-state index contributed by atoms with van der Waals surface area (Å²) < 4.78 is 29.1. The highest BCUT2D eigenvalue weighted by Gasteiger charge is 1.83. The number of hydrogen-bond donors (Lipinski definition) is 0. The maximum absolute atomic E-state index is 9.08. The molecule has 0 aromatic carbocycles. The number of aromatic nitrogens is 1. The monoisotopic (exact) mass is 201 g/mol. The highest BCUT2D eigenvalue weighted by atomic mass is 32.2. The van der Waals surface area contributed by atoms with E-state index in [1.165, 1.54) is 0 Å². The summed E-state index contributed by atoms with van der Waals surface area (Å²) in [7, 11) is -3.92. The van der Waals surface area contributed by atoms with E-state index >= 15 is 0 Å². The van der Waals surface area contributed by atoms with Gasteiger partial charge in [0.25, 0.3) is 0 Å². The van der Waals surface area contributed by atoms with Crippen molar-refractivity contribution in [2.75, 3.05) is 6.26 Å². The van der Waals surface area contributed by atoms with Crippen LogP contribution in [0.3, 0.4) is 0 Å². The molecule has 0 radical (unpaired) electrons. The van der Waals surface area contributed by atoms with Crippen LogP contribution >= 0.6 is 0 Å². The Bertz CT molecular complexity index is 337. The molecule has 1 heterocycles. The van der Waals surface area contributed by atoms with Crippen LogP contribution in [0.4, 0.5) is 0 Å². The summed E-state index contributed by atoms with van der Waals surface area (Å²) in [5, 5.41) is 0. The van der Waals surface area contributed by atoms with E-state index in [1.54, 1.807) is 6.20 Å². The van der Waals surface area contributed by atoms with Gasteiger partial charge < -0.3 is 4.55 Å². The second kappa shape index (κ2) is 5.45. The van der Waals surface area contributed by atoms with Crippen molar-refractivity contribution in [3.05, 3.63) is 37.2 Å². The van der Waals surface area contributed by atoms with Gasteiger partial charge in [-0.05, 0) is 6.58 Å². The zero-order chi connectivity index (χ0) is 10.3. The van der Waals surface area contributed by atoms with E-state index in [2.05, 4.69) is 6.58 Å². The summed E-state index contributed by atoms with van der Waals surface area (Å²) in [4.78, 5) is 0. The lowest BCUT2D eigenvalue weighted by atomic mass is 10.5. The van der Waals surface area contributed by atoms with Gasteiger partial charge >= 0.3 is 0 Å². The number of nitrogens with zero attached hydrogens (tertiary/aromatic N) is 1. The summed E-state index contributed by atoms with van der Waals surface area (Å²) in [5.41, 5.74) is 0. The van der Waals surface area contributed by atoms with Gasteiger partial charge in [-0.15, -0.1) is 0 Å². The van der Waals surface area contributed by atoms with E-state index < -0.39 is 10.1 Å². The topological polar surface area (TPSA) is 61.1 Å². The third-order valence-corrected chi connectivity index (χ3v) is 0.949. The molecule has 5 heteroatoms. The van der Waals surface area contributed by atoms with Crippen molar-refractivity contribution in [2.45, 2.75) is 0 Å². The fourth-order valence-electron chi connectivity index (χ4n) is 0.534. The third-order valence-electron chi connectivity index (χ3n) is 0.949. The molecule has 0 saturated heterocycles. The van der Waals surface area contributed by atoms with E-state index in [4.69, 9.17) is 13.0 Å². The van der Waals surface area contributed by atoms with Crippen LogP contribution in [0.25, 0.3) is 6.20 Å². The smallest absolute Gasteiger partial charge is 0.174 e. The van der Waals surface area contributed by atoms with E-state index in [-0.39, 0.29) is 0 Å². The molecule has 0 fully saturated rings. The fourth-order valence-corrected chi connectivity index (χ4v) is 0.534. The van der Waals surface area contributed by atoms with Gasteiger partial charge in [-0.25, -0.2) is 8.42 Å². The van der Waals surface area contributed by atoms with Gasteiger partial charge in [0, 0.05) is 18.4 Å². The average molecular weight is 201 g/mol. The molecule has 0 aliphatic heterocycles. The summed E-state index contributed by atoms with van der Waals surface area (Å²) in [6.07, 6.45) is 6.23. The predicted molar refractivity (Wildman–Crippen MR) is 48.6 cm³/mol. The Hall–Kier alpha value is -1.20. The number of rotatable bonds is 1. The van der Waals surface area contributed by atoms with Gasteiger partial charge in [-0.2, -0.15) is 4.57 Å². The van der Waals surface area contributed by atoms with E-state index in [9.17, 15) is 0 Å². The third kappa shape index (κ3) is 10.8. The van der Waals surface area contributed by atoms with Crippen molar-refractivity contribution in [3.63, 3.8) is 0 Å². The molecule has 0 atom stereocenters. The molecule has 0 amide bonds. The first-order chi connectivity index (χ1) is 5.93. The average Bonchev–Trinajstić information content (AvgIpc) is 2.03. The highest BCUT2D eigenvalue weighted by molar-refractivity contribution is 7.84. The second-order valence-electron chi connectivity index (χ2n) is 2.21. The first-order valence-electron chi connectivity index (χ1n) is 3.42. The Morgan fingerprint density at radius 3 is 1.92 bits per heavy atom. The summed E-state index contributed by atoms with van der Waals surface area (Å²) in [6, 6.07) is 5.89. The van der Waals surface area contributed by atoms with Crippen molar-refractivity contribution in [2.24, 2.45) is 0 Å². The molecule has 0 spiro atoms. The van der Waals surface area contributed by atoms with Gasteiger partial charge in [0.15, 0.2) is 18.6 Å².